The van der Waals surface area contributed by atoms with Gasteiger partial charge in [-0.2, -0.15) is 0 Å². The molecule has 2 bridgehead atoms. The maximum absolute atomic E-state index is 12.5. The normalized spacial score (nSPS) is 50.0. The van der Waals surface area contributed by atoms with E-state index in [4.69, 9.17) is 9.47 Å². The number of rotatable bonds is 0. The zero-order valence-corrected chi connectivity index (χ0v) is 12.8. The maximum atomic E-state index is 12.5. The molecule has 0 radical (unpaired) electrons. The van der Waals surface area contributed by atoms with Crippen LogP contribution in [0.15, 0.2) is 11.1 Å². The van der Waals surface area contributed by atoms with Gasteiger partial charge in [-0.25, -0.2) is 0 Å². The third-order valence-corrected chi connectivity index (χ3v) is 7.12. The molecular weight excluding hydrogens is 300 g/mol. The molecule has 4 fully saturated rings. The molecule has 0 amide bonds. The first-order chi connectivity index (χ1) is 10.9. The van der Waals surface area contributed by atoms with Gasteiger partial charge in [-0.1, -0.05) is 18.1 Å². The van der Waals surface area contributed by atoms with Crippen molar-refractivity contribution in [1.82, 2.24) is 0 Å². The largest absolute Gasteiger partial charge is 0.393 e. The van der Waals surface area contributed by atoms with E-state index < -0.39 is 58.9 Å². The Kier molecular flexibility index (Phi) is 2.19. The second-order valence-electron chi connectivity index (χ2n) is 7.55. The third kappa shape index (κ3) is 1.16. The Hall–Kier alpha value is -1.98. The van der Waals surface area contributed by atoms with E-state index in [2.05, 4.69) is 0 Å². The molecular formula is C17H16O6. The first-order valence-corrected chi connectivity index (χ1v) is 8.11. The van der Waals surface area contributed by atoms with Gasteiger partial charge in [0.05, 0.1) is 23.7 Å². The van der Waals surface area contributed by atoms with Crippen molar-refractivity contribution in [3.05, 3.63) is 11.1 Å². The van der Waals surface area contributed by atoms with Crippen LogP contribution in [0.5, 0.6) is 0 Å². The molecule has 0 aromatic heterocycles. The molecule has 1 spiro atoms. The summed E-state index contributed by atoms with van der Waals surface area (Å²) in [5, 5.41) is 0. The fourth-order valence-electron chi connectivity index (χ4n) is 6.52. The molecule has 6 nitrogen and oxygen atoms in total. The smallest absolute Gasteiger partial charge is 0.318 e. The number of carbonyl (C=O) groups is 4. The lowest BCUT2D eigenvalue weighted by Crippen LogP contribution is -2.61. The Morgan fingerprint density at radius 2 is 1.39 bits per heavy atom. The molecule has 0 N–H and O–H groups in total. The van der Waals surface area contributed by atoms with Crippen LogP contribution < -0.4 is 0 Å². The molecule has 0 aromatic carbocycles. The second-order valence-corrected chi connectivity index (χ2v) is 7.55. The summed E-state index contributed by atoms with van der Waals surface area (Å²) in [6.45, 7) is 3.94. The molecule has 2 saturated carbocycles. The van der Waals surface area contributed by atoms with Crippen molar-refractivity contribution >= 4 is 23.9 Å². The van der Waals surface area contributed by atoms with E-state index in [0.717, 1.165) is 24.0 Å². The van der Waals surface area contributed by atoms with Crippen LogP contribution in [0, 0.1) is 40.9 Å². The Balaban J connectivity index is 1.87. The highest BCUT2D eigenvalue weighted by Crippen LogP contribution is 2.73. The van der Waals surface area contributed by atoms with Crippen LogP contribution in [0.2, 0.25) is 0 Å². The fraction of sp³-hybridized carbons (Fsp3) is 0.647. The van der Waals surface area contributed by atoms with Gasteiger partial charge in [-0.15, -0.1) is 0 Å². The predicted octanol–water partition coefficient (Wildman–Crippen LogP) is 0.994. The molecule has 23 heavy (non-hydrogen) atoms. The number of cyclic esters (lactones) is 4. The third-order valence-electron chi connectivity index (χ3n) is 7.12. The molecule has 120 valence electrons. The number of hydrogen-bond donors (Lipinski definition) is 0. The molecule has 0 aromatic rings. The summed E-state index contributed by atoms with van der Waals surface area (Å²) in [6.07, 6.45) is 1.65. The van der Waals surface area contributed by atoms with Crippen LogP contribution >= 0.6 is 0 Å². The van der Waals surface area contributed by atoms with Crippen molar-refractivity contribution in [3.8, 4) is 0 Å². The van der Waals surface area contributed by atoms with Crippen molar-refractivity contribution in [1.29, 1.82) is 0 Å². The quantitative estimate of drug-likeness (QED) is 0.376. The minimum absolute atomic E-state index is 0.0330. The molecule has 5 atom stereocenters. The van der Waals surface area contributed by atoms with Crippen LogP contribution in [-0.2, 0) is 28.7 Å². The molecule has 2 heterocycles. The minimum atomic E-state index is -0.777. The minimum Gasteiger partial charge on any atom is -0.393 e. The molecule has 4 aliphatic carbocycles. The first-order valence-electron chi connectivity index (χ1n) is 8.11. The first kappa shape index (κ1) is 13.5. The number of carbonyl (C=O) groups excluding carboxylic acids is 4. The van der Waals surface area contributed by atoms with E-state index in [-0.39, 0.29) is 5.92 Å². The maximum Gasteiger partial charge on any atom is 0.318 e. The Morgan fingerprint density at radius 3 is 1.91 bits per heavy atom. The molecule has 6 aliphatic rings. The summed E-state index contributed by atoms with van der Waals surface area (Å²) in [5.41, 5.74) is 1.31. The van der Waals surface area contributed by atoms with Gasteiger partial charge in [0, 0.05) is 11.3 Å². The lowest BCUT2D eigenvalue weighted by Gasteiger charge is -2.56. The summed E-state index contributed by atoms with van der Waals surface area (Å²) in [5.74, 6) is -5.15. The highest BCUT2D eigenvalue weighted by atomic mass is 16.6. The molecule has 5 unspecified atom stereocenters. The lowest BCUT2D eigenvalue weighted by molar-refractivity contribution is -0.157. The second kappa shape index (κ2) is 3.74. The number of ether oxygens (including phenoxy) is 2. The van der Waals surface area contributed by atoms with Gasteiger partial charge >= 0.3 is 23.9 Å². The van der Waals surface area contributed by atoms with Gasteiger partial charge in [0.15, 0.2) is 0 Å². The van der Waals surface area contributed by atoms with Crippen LogP contribution in [0.4, 0.5) is 0 Å². The monoisotopic (exact) mass is 316 g/mol. The van der Waals surface area contributed by atoms with Crippen molar-refractivity contribution in [2.45, 2.75) is 26.7 Å². The fourth-order valence-corrected chi connectivity index (χ4v) is 6.52. The van der Waals surface area contributed by atoms with Crippen molar-refractivity contribution in [2.24, 2.45) is 40.9 Å². The zero-order valence-electron chi connectivity index (χ0n) is 12.8. The van der Waals surface area contributed by atoms with Gasteiger partial charge in [-0.3, -0.25) is 19.2 Å². The molecule has 6 rings (SSSR count). The van der Waals surface area contributed by atoms with Crippen molar-refractivity contribution in [2.75, 3.05) is 0 Å². The zero-order chi connectivity index (χ0) is 16.3. The topological polar surface area (TPSA) is 86.7 Å². The van der Waals surface area contributed by atoms with E-state index in [1.807, 2.05) is 13.8 Å². The molecule has 2 saturated heterocycles. The summed E-state index contributed by atoms with van der Waals surface area (Å²) >= 11 is 0. The van der Waals surface area contributed by atoms with Gasteiger partial charge < -0.3 is 9.47 Å². The summed E-state index contributed by atoms with van der Waals surface area (Å²) in [4.78, 5) is 49.6. The average Bonchev–Trinajstić information content (AvgIpc) is 3.08. The van der Waals surface area contributed by atoms with Gasteiger partial charge in [0.25, 0.3) is 0 Å². The number of allylic oxidation sites excluding steroid dienone is 2. The lowest BCUT2D eigenvalue weighted by atomic mass is 9.41. The number of esters is 4. The van der Waals surface area contributed by atoms with Crippen LogP contribution in [0.1, 0.15) is 26.7 Å². The van der Waals surface area contributed by atoms with E-state index in [1.165, 1.54) is 0 Å². The molecule has 2 aliphatic heterocycles. The van der Waals surface area contributed by atoms with E-state index in [9.17, 15) is 19.2 Å². The Bertz CT molecular complexity index is 704. The van der Waals surface area contributed by atoms with E-state index >= 15 is 0 Å². The summed E-state index contributed by atoms with van der Waals surface area (Å²) in [6, 6.07) is 0. The Morgan fingerprint density at radius 1 is 0.870 bits per heavy atom. The molecule has 6 heteroatoms. The highest BCUT2D eigenvalue weighted by molar-refractivity contribution is 6.04. The Labute approximate surface area is 132 Å². The van der Waals surface area contributed by atoms with E-state index in [0.29, 0.717) is 0 Å². The van der Waals surface area contributed by atoms with E-state index in [1.54, 1.807) is 0 Å². The summed E-state index contributed by atoms with van der Waals surface area (Å²) in [7, 11) is 0. The predicted molar refractivity (Wildman–Crippen MR) is 73.2 cm³/mol. The summed E-state index contributed by atoms with van der Waals surface area (Å²) < 4.78 is 9.91. The van der Waals surface area contributed by atoms with Crippen LogP contribution in [0.25, 0.3) is 0 Å². The number of hydrogen-bond acceptors (Lipinski definition) is 6. The van der Waals surface area contributed by atoms with Crippen molar-refractivity contribution in [3.63, 3.8) is 0 Å². The SMILES string of the molecule is CC1=C2CCC(C)C23C2C(=O)OC(=O)C2C1C1C(=O)OC(=O)C13. The van der Waals surface area contributed by atoms with Gasteiger partial charge in [0.1, 0.15) is 0 Å². The van der Waals surface area contributed by atoms with Gasteiger partial charge in [-0.05, 0) is 25.7 Å². The van der Waals surface area contributed by atoms with Crippen molar-refractivity contribution < 1.29 is 28.7 Å². The van der Waals surface area contributed by atoms with Crippen LogP contribution in [0.3, 0.4) is 0 Å². The van der Waals surface area contributed by atoms with Crippen LogP contribution in [-0.4, -0.2) is 23.9 Å². The van der Waals surface area contributed by atoms with Gasteiger partial charge in [0.2, 0.25) is 0 Å². The standard InChI is InChI=1S/C17H16O6/c1-5-3-4-7-6(2)8-9-11(15(20)22-13(9)18)17(5,7)12-10(8)14(19)23-16(12)21/h5,8-12H,3-4H2,1-2H3. The average molecular weight is 316 g/mol. The highest BCUT2D eigenvalue weighted by Gasteiger charge is 2.78.